The van der Waals surface area contributed by atoms with E-state index in [0.717, 1.165) is 28.5 Å². The summed E-state index contributed by atoms with van der Waals surface area (Å²) in [5, 5.41) is 9.62. The molecule has 102 valence electrons. The summed E-state index contributed by atoms with van der Waals surface area (Å²) in [5.41, 5.74) is 1.89. The highest BCUT2D eigenvalue weighted by molar-refractivity contribution is 7.10. The molecule has 0 fully saturated rings. The number of rotatable bonds is 1. The topological polar surface area (TPSA) is 59.8 Å². The van der Waals surface area contributed by atoms with Crippen molar-refractivity contribution in [1.82, 2.24) is 14.8 Å². The molecule has 4 rings (SSSR count). The molecule has 20 heavy (non-hydrogen) atoms. The van der Waals surface area contributed by atoms with Gasteiger partial charge in [-0.3, -0.25) is 4.79 Å². The van der Waals surface area contributed by atoms with Crippen LogP contribution in [0.25, 0.3) is 0 Å². The van der Waals surface area contributed by atoms with Gasteiger partial charge < -0.3 is 5.32 Å². The predicted molar refractivity (Wildman–Crippen MR) is 76.5 cm³/mol. The van der Waals surface area contributed by atoms with Crippen molar-refractivity contribution in [3.8, 4) is 0 Å². The van der Waals surface area contributed by atoms with Gasteiger partial charge in [-0.2, -0.15) is 10.1 Å². The fraction of sp³-hybridized carbons (Fsp3) is 0.357. The Labute approximate surface area is 120 Å². The second kappa shape index (κ2) is 4.28. The van der Waals surface area contributed by atoms with Gasteiger partial charge in [0.15, 0.2) is 5.78 Å². The Morgan fingerprint density at radius 3 is 3.15 bits per heavy atom. The van der Waals surface area contributed by atoms with Crippen LogP contribution in [-0.2, 0) is 4.79 Å². The van der Waals surface area contributed by atoms with E-state index >= 15 is 0 Å². The van der Waals surface area contributed by atoms with E-state index < -0.39 is 0 Å². The average Bonchev–Trinajstić information content (AvgIpc) is 3.06. The molecule has 5 nitrogen and oxygen atoms in total. The lowest BCUT2D eigenvalue weighted by atomic mass is 9.83. The van der Waals surface area contributed by atoms with Crippen molar-refractivity contribution in [2.45, 2.75) is 25.8 Å². The molecule has 0 aromatic carbocycles. The number of fused-ring (bicyclic) bond motifs is 1. The maximum atomic E-state index is 12.5. The standard InChI is InChI=1S/C14H14N4OS/c1-8-5-9-12(10(19)6-8)13(11-3-2-4-20-11)18-14(17-9)15-7-16-18/h2-4,7-8,13H,5-6H2,1H3,(H,15,16,17)/t8-,13+/m1/s1. The number of Topliss-reactive ketones (excluding diaryl/α,β-unsaturated/α-hetero) is 1. The first-order valence-corrected chi connectivity index (χ1v) is 7.58. The molecule has 3 heterocycles. The third kappa shape index (κ3) is 1.64. The van der Waals surface area contributed by atoms with Gasteiger partial charge in [0, 0.05) is 22.6 Å². The minimum absolute atomic E-state index is 0.122. The number of nitrogens with one attached hydrogen (secondary N) is 1. The second-order valence-corrected chi connectivity index (χ2v) is 6.38. The zero-order valence-corrected chi connectivity index (χ0v) is 11.9. The van der Waals surface area contributed by atoms with Crippen molar-refractivity contribution in [1.29, 1.82) is 0 Å². The number of thiophene rings is 1. The maximum absolute atomic E-state index is 12.5. The van der Waals surface area contributed by atoms with E-state index in [4.69, 9.17) is 0 Å². The molecule has 0 saturated heterocycles. The first-order chi connectivity index (χ1) is 9.74. The van der Waals surface area contributed by atoms with E-state index in [1.54, 1.807) is 11.3 Å². The van der Waals surface area contributed by atoms with Gasteiger partial charge in [0.2, 0.25) is 5.95 Å². The molecule has 0 radical (unpaired) electrons. The first kappa shape index (κ1) is 11.8. The molecule has 2 aromatic heterocycles. The molecular formula is C14H14N4OS. The maximum Gasteiger partial charge on any atom is 0.226 e. The third-order valence-electron chi connectivity index (χ3n) is 3.88. The van der Waals surface area contributed by atoms with Crippen LogP contribution in [0.15, 0.2) is 35.1 Å². The van der Waals surface area contributed by atoms with Crippen LogP contribution in [0.1, 0.15) is 30.7 Å². The lowest BCUT2D eigenvalue weighted by molar-refractivity contribution is -0.117. The molecule has 0 amide bonds. The number of allylic oxidation sites excluding steroid dienone is 2. The van der Waals surface area contributed by atoms with Gasteiger partial charge in [-0.1, -0.05) is 13.0 Å². The summed E-state index contributed by atoms with van der Waals surface area (Å²) in [4.78, 5) is 17.9. The lowest BCUT2D eigenvalue weighted by Gasteiger charge is -2.33. The predicted octanol–water partition coefficient (Wildman–Crippen LogP) is 2.61. The van der Waals surface area contributed by atoms with Crippen molar-refractivity contribution in [2.75, 3.05) is 5.32 Å². The molecule has 1 N–H and O–H groups in total. The van der Waals surface area contributed by atoms with Gasteiger partial charge in [-0.25, -0.2) is 4.68 Å². The molecule has 2 aliphatic rings. The Hall–Kier alpha value is -1.95. The minimum Gasteiger partial charge on any atom is -0.328 e. The Morgan fingerprint density at radius 1 is 1.45 bits per heavy atom. The summed E-state index contributed by atoms with van der Waals surface area (Å²) in [6, 6.07) is 3.94. The highest BCUT2D eigenvalue weighted by Crippen LogP contribution is 2.41. The van der Waals surface area contributed by atoms with Crippen LogP contribution in [0.2, 0.25) is 0 Å². The van der Waals surface area contributed by atoms with Crippen LogP contribution < -0.4 is 5.32 Å². The molecule has 0 spiro atoms. The van der Waals surface area contributed by atoms with Crippen LogP contribution in [0.5, 0.6) is 0 Å². The van der Waals surface area contributed by atoms with Gasteiger partial charge in [0.1, 0.15) is 12.4 Å². The van der Waals surface area contributed by atoms with Gasteiger partial charge in [0.25, 0.3) is 0 Å². The molecule has 1 aliphatic heterocycles. The van der Waals surface area contributed by atoms with E-state index in [2.05, 4.69) is 28.4 Å². The van der Waals surface area contributed by atoms with Crippen molar-refractivity contribution < 1.29 is 4.79 Å². The van der Waals surface area contributed by atoms with Crippen LogP contribution in [-0.4, -0.2) is 20.5 Å². The van der Waals surface area contributed by atoms with Gasteiger partial charge in [0.05, 0.1) is 0 Å². The molecule has 1 aliphatic carbocycles. The number of carbonyl (C=O) groups excluding carboxylic acids is 1. The normalized spacial score (nSPS) is 25.1. The number of anilines is 1. The fourth-order valence-electron chi connectivity index (χ4n) is 3.06. The van der Waals surface area contributed by atoms with E-state index in [1.807, 2.05) is 16.1 Å². The average molecular weight is 286 g/mol. The van der Waals surface area contributed by atoms with Gasteiger partial charge >= 0.3 is 0 Å². The van der Waals surface area contributed by atoms with Gasteiger partial charge in [-0.05, 0) is 23.8 Å². The molecule has 0 bridgehead atoms. The lowest BCUT2D eigenvalue weighted by Crippen LogP contribution is -2.33. The van der Waals surface area contributed by atoms with Crippen molar-refractivity contribution in [3.63, 3.8) is 0 Å². The summed E-state index contributed by atoms with van der Waals surface area (Å²) >= 11 is 1.65. The zero-order valence-electron chi connectivity index (χ0n) is 11.0. The Bertz CT molecular complexity index is 701. The molecule has 2 atom stereocenters. The SMILES string of the molecule is C[C@H]1CC(=O)C2=C(C1)Nc1ncnn1[C@H]2c1cccs1. The smallest absolute Gasteiger partial charge is 0.226 e. The van der Waals surface area contributed by atoms with E-state index in [-0.39, 0.29) is 11.8 Å². The largest absolute Gasteiger partial charge is 0.328 e. The molecular weight excluding hydrogens is 272 g/mol. The van der Waals surface area contributed by atoms with Crippen LogP contribution in [0.3, 0.4) is 0 Å². The van der Waals surface area contributed by atoms with Crippen LogP contribution >= 0.6 is 11.3 Å². The summed E-state index contributed by atoms with van der Waals surface area (Å²) in [6.45, 7) is 2.11. The molecule has 0 saturated carbocycles. The molecule has 2 aromatic rings. The Kier molecular flexibility index (Phi) is 2.53. The zero-order chi connectivity index (χ0) is 13.7. The van der Waals surface area contributed by atoms with E-state index in [0.29, 0.717) is 12.3 Å². The number of hydrogen-bond acceptors (Lipinski definition) is 5. The highest BCUT2D eigenvalue weighted by atomic mass is 32.1. The Morgan fingerprint density at radius 2 is 2.35 bits per heavy atom. The monoisotopic (exact) mass is 286 g/mol. The summed E-state index contributed by atoms with van der Waals surface area (Å²) in [7, 11) is 0. The van der Waals surface area contributed by atoms with Gasteiger partial charge in [-0.15, -0.1) is 11.3 Å². The minimum atomic E-state index is -0.122. The number of nitrogens with zero attached hydrogens (tertiary/aromatic N) is 3. The number of carbonyl (C=O) groups is 1. The van der Waals surface area contributed by atoms with Crippen molar-refractivity contribution >= 4 is 23.1 Å². The first-order valence-electron chi connectivity index (χ1n) is 6.70. The highest BCUT2D eigenvalue weighted by Gasteiger charge is 2.38. The number of aromatic nitrogens is 3. The van der Waals surface area contributed by atoms with Crippen molar-refractivity contribution in [3.05, 3.63) is 40.0 Å². The quantitative estimate of drug-likeness (QED) is 0.875. The summed E-state index contributed by atoms with van der Waals surface area (Å²) in [5.74, 6) is 1.34. The number of ketones is 1. The van der Waals surface area contributed by atoms with E-state index in [9.17, 15) is 4.79 Å². The van der Waals surface area contributed by atoms with Crippen molar-refractivity contribution in [2.24, 2.45) is 5.92 Å². The van der Waals surface area contributed by atoms with Crippen LogP contribution in [0, 0.1) is 5.92 Å². The number of hydrogen-bond donors (Lipinski definition) is 1. The Balaban J connectivity index is 1.91. The fourth-order valence-corrected chi connectivity index (χ4v) is 3.87. The van der Waals surface area contributed by atoms with Crippen LogP contribution in [0.4, 0.5) is 5.95 Å². The molecule has 6 heteroatoms. The summed E-state index contributed by atoms with van der Waals surface area (Å²) in [6.07, 6.45) is 3.05. The second-order valence-electron chi connectivity index (χ2n) is 5.40. The molecule has 0 unspecified atom stereocenters. The summed E-state index contributed by atoms with van der Waals surface area (Å²) < 4.78 is 1.82. The third-order valence-corrected chi connectivity index (χ3v) is 4.80. The van der Waals surface area contributed by atoms with E-state index in [1.165, 1.54) is 6.33 Å².